The van der Waals surface area contributed by atoms with Gasteiger partial charge in [0.2, 0.25) is 23.6 Å². The Labute approximate surface area is 342 Å². The van der Waals surface area contributed by atoms with Crippen molar-refractivity contribution < 1.29 is 38.7 Å². The number of carboxylic acid groups (broad SMARTS) is 1. The van der Waals surface area contributed by atoms with Crippen molar-refractivity contribution in [1.29, 1.82) is 0 Å². The van der Waals surface area contributed by atoms with Crippen LogP contribution in [-0.4, -0.2) is 106 Å². The molecule has 18 heteroatoms. The molecule has 1 aromatic rings. The molecular formula is C39H58N8O8S2. The summed E-state index contributed by atoms with van der Waals surface area (Å²) in [6, 6.07) is 4.84. The number of amides is 8. The number of anilines is 2. The monoisotopic (exact) mass is 830 g/mol. The number of aromatic carboxylic acids is 1. The van der Waals surface area contributed by atoms with Crippen LogP contribution in [0.15, 0.2) is 18.2 Å². The maximum Gasteiger partial charge on any atom is 0.335 e. The normalized spacial score (nSPS) is 23.0. The van der Waals surface area contributed by atoms with E-state index in [1.165, 1.54) is 18.2 Å². The Balaban J connectivity index is 0.865. The van der Waals surface area contributed by atoms with Gasteiger partial charge >= 0.3 is 18.0 Å². The van der Waals surface area contributed by atoms with Crippen LogP contribution in [-0.2, 0) is 19.2 Å². The highest BCUT2D eigenvalue weighted by Gasteiger charge is 2.43. The lowest BCUT2D eigenvalue weighted by atomic mass is 10.0. The number of fused-ring (bicyclic) bond motifs is 2. The number of nitrogens with one attached hydrogen (secondary N) is 8. The molecular weight excluding hydrogens is 773 g/mol. The number of hydrogen-bond acceptors (Lipinski definition) is 9. The van der Waals surface area contributed by atoms with Crippen molar-refractivity contribution in [3.8, 4) is 0 Å². The molecule has 0 bridgehead atoms. The first-order valence-corrected chi connectivity index (χ1v) is 22.5. The molecule has 0 radical (unpaired) electrons. The zero-order valence-electron chi connectivity index (χ0n) is 32.5. The van der Waals surface area contributed by atoms with Crippen LogP contribution in [0.3, 0.4) is 0 Å². The average Bonchev–Trinajstić information content (AvgIpc) is 3.93. The van der Waals surface area contributed by atoms with Gasteiger partial charge in [-0.05, 0) is 69.6 Å². The summed E-state index contributed by atoms with van der Waals surface area (Å²) in [5.41, 5.74) is 0.491. The first kappa shape index (κ1) is 43.9. The fourth-order valence-electron chi connectivity index (χ4n) is 7.70. The molecule has 0 aromatic heterocycles. The number of benzene rings is 1. The van der Waals surface area contributed by atoms with Crippen molar-refractivity contribution in [3.05, 3.63) is 23.8 Å². The fourth-order valence-corrected chi connectivity index (χ4v) is 10.8. The van der Waals surface area contributed by atoms with Crippen LogP contribution < -0.4 is 42.5 Å². The van der Waals surface area contributed by atoms with Gasteiger partial charge in [0.25, 0.3) is 0 Å². The van der Waals surface area contributed by atoms with E-state index in [1.54, 1.807) is 0 Å². The average molecular weight is 831 g/mol. The fraction of sp³-hybridized carbons (Fsp3) is 0.667. The summed E-state index contributed by atoms with van der Waals surface area (Å²) in [6.07, 6.45) is 10.9. The molecule has 5 rings (SSSR count). The van der Waals surface area contributed by atoms with Crippen LogP contribution in [0.2, 0.25) is 0 Å². The maximum atomic E-state index is 12.6. The van der Waals surface area contributed by atoms with Gasteiger partial charge in [-0.25, -0.2) is 14.4 Å². The van der Waals surface area contributed by atoms with Gasteiger partial charge in [-0.15, -0.1) is 0 Å². The smallest absolute Gasteiger partial charge is 0.335 e. The molecule has 6 atom stereocenters. The Hall–Kier alpha value is -4.19. The molecule has 57 heavy (non-hydrogen) atoms. The Bertz CT molecular complexity index is 1500. The molecule has 4 fully saturated rings. The lowest BCUT2D eigenvalue weighted by Gasteiger charge is -2.16. The zero-order valence-corrected chi connectivity index (χ0v) is 34.1. The zero-order chi connectivity index (χ0) is 40.6. The highest BCUT2D eigenvalue weighted by molar-refractivity contribution is 8.00. The summed E-state index contributed by atoms with van der Waals surface area (Å²) in [5.74, 6) is 0.145. The van der Waals surface area contributed by atoms with Crippen LogP contribution >= 0.6 is 23.5 Å². The summed E-state index contributed by atoms with van der Waals surface area (Å²) in [4.78, 5) is 84.6. The van der Waals surface area contributed by atoms with E-state index in [9.17, 15) is 38.7 Å². The van der Waals surface area contributed by atoms with Crippen molar-refractivity contribution >= 4 is 76.6 Å². The molecule has 4 aliphatic rings. The van der Waals surface area contributed by atoms with Crippen molar-refractivity contribution in [2.45, 2.75) is 137 Å². The molecule has 0 spiro atoms. The lowest BCUT2D eigenvalue weighted by molar-refractivity contribution is -0.122. The third-order valence-electron chi connectivity index (χ3n) is 10.7. The predicted molar refractivity (Wildman–Crippen MR) is 222 cm³/mol. The first-order valence-electron chi connectivity index (χ1n) is 20.4. The molecule has 314 valence electrons. The SMILES string of the molecule is O=C(CCCC[C@@H]1SC[C@@H]2NC(=O)N[C@@H]21)NCCCCCC(=O)Nc1cc(NC(=O)CCCCCNC(=O)CCCC[C@@H]2SC[C@@H]3NC(=O)N[C@@H]32)cc(C(=O)O)c1. The number of hydrogen-bond donors (Lipinski definition) is 9. The Morgan fingerprint density at radius 3 is 1.42 bits per heavy atom. The summed E-state index contributed by atoms with van der Waals surface area (Å²) in [6.45, 7) is 1.06. The van der Waals surface area contributed by atoms with Gasteiger partial charge in [-0.2, -0.15) is 23.5 Å². The van der Waals surface area contributed by atoms with Crippen molar-refractivity contribution in [1.82, 2.24) is 31.9 Å². The van der Waals surface area contributed by atoms with Crippen molar-refractivity contribution in [2.24, 2.45) is 0 Å². The number of urea groups is 2. The second-order valence-corrected chi connectivity index (χ2v) is 17.8. The van der Waals surface area contributed by atoms with Crippen LogP contribution in [0.5, 0.6) is 0 Å². The number of carboxylic acids is 1. The van der Waals surface area contributed by atoms with Gasteiger partial charge in [0.05, 0.1) is 29.7 Å². The Kier molecular flexibility index (Phi) is 17.5. The van der Waals surface area contributed by atoms with Gasteiger partial charge in [0, 0.05) is 72.2 Å². The molecule has 0 saturated carbocycles. The molecule has 4 heterocycles. The minimum absolute atomic E-state index is 0.0126. The minimum Gasteiger partial charge on any atom is -0.478 e. The van der Waals surface area contributed by atoms with E-state index in [1.807, 2.05) is 23.5 Å². The van der Waals surface area contributed by atoms with E-state index < -0.39 is 5.97 Å². The molecule has 0 aliphatic carbocycles. The number of carbonyl (C=O) groups is 7. The highest BCUT2D eigenvalue weighted by atomic mass is 32.2. The van der Waals surface area contributed by atoms with E-state index in [0.717, 1.165) is 75.7 Å². The number of rotatable bonds is 25. The quantitative estimate of drug-likeness (QED) is 0.0506. The highest BCUT2D eigenvalue weighted by Crippen LogP contribution is 2.34. The van der Waals surface area contributed by atoms with Crippen molar-refractivity contribution in [2.75, 3.05) is 35.2 Å². The molecule has 0 unspecified atom stereocenters. The van der Waals surface area contributed by atoms with Crippen LogP contribution in [0, 0.1) is 0 Å². The van der Waals surface area contributed by atoms with Gasteiger partial charge in [-0.3, -0.25) is 19.2 Å². The second-order valence-electron chi connectivity index (χ2n) is 15.3. The largest absolute Gasteiger partial charge is 0.478 e. The number of unbranched alkanes of at least 4 members (excludes halogenated alkanes) is 6. The van der Waals surface area contributed by atoms with E-state index in [-0.39, 0.29) is 89.6 Å². The molecule has 16 nitrogen and oxygen atoms in total. The second kappa shape index (κ2) is 22.7. The van der Waals surface area contributed by atoms with E-state index in [2.05, 4.69) is 42.5 Å². The maximum absolute atomic E-state index is 12.6. The summed E-state index contributed by atoms with van der Waals surface area (Å²) in [7, 11) is 0. The van der Waals surface area contributed by atoms with Gasteiger partial charge < -0.3 is 47.6 Å². The Morgan fingerprint density at radius 1 is 0.561 bits per heavy atom. The molecule has 1 aromatic carbocycles. The molecule has 8 amide bonds. The minimum atomic E-state index is -1.18. The van der Waals surface area contributed by atoms with Gasteiger partial charge in [0.1, 0.15) is 0 Å². The predicted octanol–water partition coefficient (Wildman–Crippen LogP) is 4.07. The molecule has 9 N–H and O–H groups in total. The number of carbonyl (C=O) groups excluding carboxylic acids is 6. The van der Waals surface area contributed by atoms with Crippen LogP contribution in [0.25, 0.3) is 0 Å². The third kappa shape index (κ3) is 14.6. The molecule has 4 saturated heterocycles. The van der Waals surface area contributed by atoms with Crippen molar-refractivity contribution in [3.63, 3.8) is 0 Å². The van der Waals surface area contributed by atoms with Gasteiger partial charge in [-0.1, -0.05) is 25.7 Å². The summed E-state index contributed by atoms with van der Waals surface area (Å²) >= 11 is 3.75. The Morgan fingerprint density at radius 2 is 0.982 bits per heavy atom. The summed E-state index contributed by atoms with van der Waals surface area (Å²) < 4.78 is 0. The summed E-state index contributed by atoms with van der Waals surface area (Å²) in [5, 5.41) is 33.6. The van der Waals surface area contributed by atoms with Gasteiger partial charge in [0.15, 0.2) is 0 Å². The topological polar surface area (TPSA) is 236 Å². The van der Waals surface area contributed by atoms with E-state index in [4.69, 9.17) is 0 Å². The number of thioether (sulfide) groups is 2. The van der Waals surface area contributed by atoms with E-state index >= 15 is 0 Å². The lowest BCUT2D eigenvalue weighted by Crippen LogP contribution is -2.36. The molecule has 4 aliphatic heterocycles. The third-order valence-corrected chi connectivity index (χ3v) is 13.7. The van der Waals surface area contributed by atoms with Crippen LogP contribution in [0.1, 0.15) is 113 Å². The first-order chi connectivity index (χ1) is 27.5. The van der Waals surface area contributed by atoms with E-state index in [0.29, 0.717) is 49.3 Å². The standard InChI is InChI=1S/C39H58N8O8S2/c48-31(13-7-5-11-29-35-27(22-56-29)44-38(54)46-35)40-17-9-1-3-15-33(50)42-25-19-24(37(52)53)20-26(21-25)43-34(51)16-4-2-10-18-41-32(49)14-8-6-12-30-36-28(23-57-30)45-39(55)47-36/h19-21,27-30,35-36H,1-18,22-23H2,(H,40,48)(H,41,49)(H,42,50)(H,43,51)(H,52,53)(H2,44,46,54)(H2,45,47,55)/t27-,28-,29-,30-,35-,36-/m0/s1. The van der Waals surface area contributed by atoms with Crippen LogP contribution in [0.4, 0.5) is 21.0 Å².